The molecule has 0 aliphatic rings. The van der Waals surface area contributed by atoms with Crippen molar-refractivity contribution in [1.82, 2.24) is 15.0 Å². The van der Waals surface area contributed by atoms with E-state index in [0.717, 1.165) is 49.8 Å². The summed E-state index contributed by atoms with van der Waals surface area (Å²) in [5.41, 5.74) is 6.69. The maximum absolute atomic E-state index is 6.52. The third kappa shape index (κ3) is 4.33. The van der Waals surface area contributed by atoms with Crippen molar-refractivity contribution in [2.24, 2.45) is 0 Å². The van der Waals surface area contributed by atoms with Gasteiger partial charge in [-0.3, -0.25) is 0 Å². The third-order valence-electron chi connectivity index (χ3n) is 9.13. The summed E-state index contributed by atoms with van der Waals surface area (Å²) in [6.07, 6.45) is 0. The first-order valence-corrected chi connectivity index (χ1v) is 16.8. The van der Waals surface area contributed by atoms with Gasteiger partial charge in [-0.15, -0.1) is 11.3 Å². The van der Waals surface area contributed by atoms with Crippen molar-refractivity contribution >= 4 is 64.2 Å². The lowest BCUT2D eigenvalue weighted by molar-refractivity contribution is 0.669. The summed E-state index contributed by atoms with van der Waals surface area (Å²) in [6.45, 7) is 0. The SMILES string of the molecule is c1ccc(-c2nc(-c3ccccc3)nc(-c3cccc4oc5cc(-c6ccc7c(ccc8c9ccccc9sc78)c6)ccc5c34)n2)cc1. The summed E-state index contributed by atoms with van der Waals surface area (Å²) < 4.78 is 9.18. The highest BCUT2D eigenvalue weighted by Crippen LogP contribution is 2.41. The maximum atomic E-state index is 6.52. The fourth-order valence-electron chi connectivity index (χ4n) is 6.81. The second-order valence-electron chi connectivity index (χ2n) is 12.0. The zero-order valence-electron chi connectivity index (χ0n) is 25.6. The van der Waals surface area contributed by atoms with Crippen LogP contribution in [0.25, 0.3) is 98.2 Å². The maximum Gasteiger partial charge on any atom is 0.164 e. The molecule has 10 aromatic rings. The second kappa shape index (κ2) is 10.7. The number of nitrogens with zero attached hydrogens (tertiary/aromatic N) is 3. The van der Waals surface area contributed by atoms with Crippen molar-refractivity contribution in [1.29, 1.82) is 0 Å². The van der Waals surface area contributed by atoms with E-state index in [-0.39, 0.29) is 0 Å². The van der Waals surface area contributed by atoms with Crippen LogP contribution in [-0.4, -0.2) is 15.0 Å². The van der Waals surface area contributed by atoms with E-state index in [4.69, 9.17) is 19.4 Å². The van der Waals surface area contributed by atoms with Crippen LogP contribution in [0.4, 0.5) is 0 Å². The van der Waals surface area contributed by atoms with Gasteiger partial charge in [-0.25, -0.2) is 15.0 Å². The predicted octanol–water partition coefficient (Wildman–Crippen LogP) is 12.0. The molecule has 0 aliphatic heterocycles. The summed E-state index contributed by atoms with van der Waals surface area (Å²) in [6, 6.07) is 52.7. The van der Waals surface area contributed by atoms with Crippen molar-refractivity contribution in [2.75, 3.05) is 0 Å². The number of aromatic nitrogens is 3. The molecule has 0 N–H and O–H groups in total. The van der Waals surface area contributed by atoms with Gasteiger partial charge in [0.1, 0.15) is 11.2 Å². The highest BCUT2D eigenvalue weighted by Gasteiger charge is 2.18. The molecule has 3 heterocycles. The Morgan fingerprint density at radius 2 is 1.06 bits per heavy atom. The third-order valence-corrected chi connectivity index (χ3v) is 10.4. The van der Waals surface area contributed by atoms with Crippen molar-refractivity contribution in [3.63, 3.8) is 0 Å². The summed E-state index contributed by atoms with van der Waals surface area (Å²) in [5, 5.41) is 7.18. The Labute approximate surface area is 279 Å². The van der Waals surface area contributed by atoms with E-state index in [9.17, 15) is 0 Å². The average molecular weight is 632 g/mol. The van der Waals surface area contributed by atoms with Crippen molar-refractivity contribution < 1.29 is 4.42 Å². The van der Waals surface area contributed by atoms with Crippen LogP contribution in [0.2, 0.25) is 0 Å². The van der Waals surface area contributed by atoms with Gasteiger partial charge in [0.25, 0.3) is 0 Å². The summed E-state index contributed by atoms with van der Waals surface area (Å²) in [7, 11) is 0. The summed E-state index contributed by atoms with van der Waals surface area (Å²) in [4.78, 5) is 14.9. The van der Waals surface area contributed by atoms with Gasteiger partial charge in [0.2, 0.25) is 0 Å². The first kappa shape index (κ1) is 27.0. The lowest BCUT2D eigenvalue weighted by Gasteiger charge is -2.09. The first-order chi connectivity index (χ1) is 23.8. The van der Waals surface area contributed by atoms with Gasteiger partial charge in [0.05, 0.1) is 0 Å². The van der Waals surface area contributed by atoms with Gasteiger partial charge >= 0.3 is 0 Å². The summed E-state index contributed by atoms with van der Waals surface area (Å²) >= 11 is 1.87. The molecule has 0 amide bonds. The quantitative estimate of drug-likeness (QED) is 0.194. The molecular weight excluding hydrogens is 607 g/mol. The van der Waals surface area contributed by atoms with Crippen LogP contribution in [0.15, 0.2) is 156 Å². The van der Waals surface area contributed by atoms with E-state index < -0.39 is 0 Å². The Morgan fingerprint density at radius 3 is 1.83 bits per heavy atom. The molecule has 0 aliphatic carbocycles. The van der Waals surface area contributed by atoms with E-state index in [1.807, 2.05) is 84.1 Å². The molecule has 0 atom stereocenters. The molecule has 0 radical (unpaired) electrons. The van der Waals surface area contributed by atoms with Gasteiger partial charge in [0, 0.05) is 47.6 Å². The zero-order chi connectivity index (χ0) is 31.6. The highest BCUT2D eigenvalue weighted by atomic mass is 32.1. The fourth-order valence-corrected chi connectivity index (χ4v) is 8.05. The molecule has 0 saturated carbocycles. The predicted molar refractivity (Wildman–Crippen MR) is 199 cm³/mol. The van der Waals surface area contributed by atoms with E-state index >= 15 is 0 Å². The number of hydrogen-bond donors (Lipinski definition) is 0. The number of rotatable bonds is 4. The minimum Gasteiger partial charge on any atom is -0.456 e. The molecule has 0 spiro atoms. The molecule has 0 unspecified atom stereocenters. The highest BCUT2D eigenvalue weighted by molar-refractivity contribution is 7.26. The molecular formula is C43H25N3OS. The number of hydrogen-bond acceptors (Lipinski definition) is 5. The van der Waals surface area contributed by atoms with Crippen LogP contribution in [0.5, 0.6) is 0 Å². The fraction of sp³-hybridized carbons (Fsp3) is 0. The molecule has 3 aromatic heterocycles. The van der Waals surface area contributed by atoms with Gasteiger partial charge in [-0.2, -0.15) is 0 Å². The van der Waals surface area contributed by atoms with Crippen molar-refractivity contribution in [2.45, 2.75) is 0 Å². The van der Waals surface area contributed by atoms with E-state index in [1.165, 1.54) is 30.9 Å². The van der Waals surface area contributed by atoms with Crippen molar-refractivity contribution in [3.8, 4) is 45.3 Å². The van der Waals surface area contributed by atoms with Crippen LogP contribution >= 0.6 is 11.3 Å². The van der Waals surface area contributed by atoms with E-state index in [1.54, 1.807) is 0 Å². The first-order valence-electron chi connectivity index (χ1n) is 15.9. The summed E-state index contributed by atoms with van der Waals surface area (Å²) in [5.74, 6) is 1.88. The largest absolute Gasteiger partial charge is 0.456 e. The Morgan fingerprint density at radius 1 is 0.417 bits per heavy atom. The van der Waals surface area contributed by atoms with Crippen LogP contribution in [-0.2, 0) is 0 Å². The van der Waals surface area contributed by atoms with E-state index in [0.29, 0.717) is 17.5 Å². The van der Waals surface area contributed by atoms with Gasteiger partial charge < -0.3 is 4.42 Å². The Balaban J connectivity index is 1.11. The average Bonchev–Trinajstić information content (AvgIpc) is 3.73. The molecule has 224 valence electrons. The number of thiophene rings is 1. The lowest BCUT2D eigenvalue weighted by atomic mass is 9.98. The van der Waals surface area contributed by atoms with Crippen LogP contribution < -0.4 is 0 Å². The van der Waals surface area contributed by atoms with E-state index in [2.05, 4.69) is 78.9 Å². The molecule has 5 heteroatoms. The molecule has 0 bridgehead atoms. The van der Waals surface area contributed by atoms with Crippen LogP contribution in [0, 0.1) is 0 Å². The topological polar surface area (TPSA) is 51.8 Å². The van der Waals surface area contributed by atoms with Gasteiger partial charge in [-0.05, 0) is 52.2 Å². The minimum absolute atomic E-state index is 0.613. The number of furan rings is 1. The monoisotopic (exact) mass is 631 g/mol. The normalized spacial score (nSPS) is 11.8. The van der Waals surface area contributed by atoms with Crippen molar-refractivity contribution in [3.05, 3.63) is 152 Å². The molecule has 48 heavy (non-hydrogen) atoms. The lowest BCUT2D eigenvalue weighted by Crippen LogP contribution is -2.00. The van der Waals surface area contributed by atoms with Gasteiger partial charge in [-0.1, -0.05) is 121 Å². The molecule has 4 nitrogen and oxygen atoms in total. The molecule has 10 rings (SSSR count). The molecule has 0 fully saturated rings. The number of fused-ring (bicyclic) bond motifs is 8. The number of benzene rings is 7. The molecule has 7 aromatic carbocycles. The Kier molecular flexibility index (Phi) is 6.01. The second-order valence-corrected chi connectivity index (χ2v) is 13.1. The Hall–Kier alpha value is -6.17. The van der Waals surface area contributed by atoms with Crippen LogP contribution in [0.3, 0.4) is 0 Å². The smallest absolute Gasteiger partial charge is 0.164 e. The standard InChI is InChI=1S/C43H25N3OS/c1-3-10-26(11-4-1)41-44-42(27-12-5-2-6-13-27)46-43(45-41)35-15-9-16-36-39(35)34-23-19-29(25-37(34)47-36)28-18-21-31-30(24-28)20-22-33-32-14-7-8-17-38(32)48-40(31)33/h1-25H. The van der Waals surface area contributed by atoms with Gasteiger partial charge in [0.15, 0.2) is 17.5 Å². The molecule has 0 saturated heterocycles. The minimum atomic E-state index is 0.613. The van der Waals surface area contributed by atoms with Crippen LogP contribution in [0.1, 0.15) is 0 Å². The Bertz CT molecular complexity index is 2780. The zero-order valence-corrected chi connectivity index (χ0v) is 26.4.